The fraction of sp³-hybridized carbons (Fsp3) is 0.692. The number of hydrogen-bond donors (Lipinski definition) is 1. The van der Waals surface area contributed by atoms with E-state index in [1.165, 1.54) is 0 Å². The van der Waals surface area contributed by atoms with E-state index in [1.54, 1.807) is 0 Å². The van der Waals surface area contributed by atoms with Gasteiger partial charge in [0.1, 0.15) is 11.3 Å². The van der Waals surface area contributed by atoms with Gasteiger partial charge in [0.25, 0.3) is 5.91 Å². The molecule has 1 aliphatic heterocycles. The van der Waals surface area contributed by atoms with E-state index in [0.29, 0.717) is 29.4 Å². The van der Waals surface area contributed by atoms with Crippen molar-refractivity contribution in [3.8, 4) is 0 Å². The van der Waals surface area contributed by atoms with E-state index in [-0.39, 0.29) is 11.9 Å². The maximum atomic E-state index is 12.5. The molecule has 0 saturated carbocycles. The molecule has 0 aromatic carbocycles. The molecule has 18 heavy (non-hydrogen) atoms. The molecule has 1 amide bonds. The molecule has 5 nitrogen and oxygen atoms in total. The third kappa shape index (κ3) is 2.27. The molecule has 2 atom stereocenters. The Kier molecular flexibility index (Phi) is 3.71. The smallest absolute Gasteiger partial charge is 0.259 e. The topological polar surface area (TPSA) is 72.4 Å². The quantitative estimate of drug-likeness (QED) is 0.880. The van der Waals surface area contributed by atoms with E-state index >= 15 is 0 Å². The molecule has 2 heterocycles. The molecule has 1 aromatic heterocycles. The average molecular weight is 251 g/mol. The van der Waals surface area contributed by atoms with E-state index in [1.807, 2.05) is 25.7 Å². The van der Waals surface area contributed by atoms with Crippen LogP contribution in [0.2, 0.25) is 0 Å². The van der Waals surface area contributed by atoms with Gasteiger partial charge in [-0.1, -0.05) is 12.1 Å². The Labute approximate surface area is 107 Å². The van der Waals surface area contributed by atoms with Gasteiger partial charge in [-0.25, -0.2) is 0 Å². The highest BCUT2D eigenvalue weighted by atomic mass is 16.5. The Balaban J connectivity index is 2.15. The van der Waals surface area contributed by atoms with Crippen molar-refractivity contribution < 1.29 is 9.32 Å². The summed E-state index contributed by atoms with van der Waals surface area (Å²) in [6.45, 7) is 7.30. The van der Waals surface area contributed by atoms with Gasteiger partial charge in [-0.3, -0.25) is 4.79 Å². The number of carbonyl (C=O) groups is 1. The molecule has 100 valence electrons. The number of nitrogens with zero attached hydrogens (tertiary/aromatic N) is 2. The molecule has 1 aromatic rings. The zero-order chi connectivity index (χ0) is 13.3. The summed E-state index contributed by atoms with van der Waals surface area (Å²) in [6.07, 6.45) is 1.67. The van der Waals surface area contributed by atoms with Crippen molar-refractivity contribution in [1.29, 1.82) is 0 Å². The zero-order valence-corrected chi connectivity index (χ0v) is 11.3. The first-order valence-corrected chi connectivity index (χ1v) is 6.54. The van der Waals surface area contributed by atoms with Gasteiger partial charge in [0.05, 0.1) is 5.69 Å². The molecule has 0 radical (unpaired) electrons. The second-order valence-electron chi connectivity index (χ2n) is 5.08. The number of amides is 1. The third-order valence-electron chi connectivity index (χ3n) is 3.72. The van der Waals surface area contributed by atoms with E-state index in [9.17, 15) is 4.79 Å². The summed E-state index contributed by atoms with van der Waals surface area (Å²) >= 11 is 0. The maximum Gasteiger partial charge on any atom is 0.259 e. The van der Waals surface area contributed by atoms with Crippen molar-refractivity contribution in [2.75, 3.05) is 13.1 Å². The number of nitrogens with two attached hydrogens (primary N) is 1. The van der Waals surface area contributed by atoms with Gasteiger partial charge in [-0.05, 0) is 26.2 Å². The lowest BCUT2D eigenvalue weighted by molar-refractivity contribution is 0.0783. The van der Waals surface area contributed by atoms with Gasteiger partial charge >= 0.3 is 0 Å². The van der Waals surface area contributed by atoms with Gasteiger partial charge < -0.3 is 15.2 Å². The summed E-state index contributed by atoms with van der Waals surface area (Å²) in [6, 6.07) is 0.136. The lowest BCUT2D eigenvalue weighted by Crippen LogP contribution is -2.33. The van der Waals surface area contributed by atoms with Crippen LogP contribution in [0.1, 0.15) is 42.1 Å². The summed E-state index contributed by atoms with van der Waals surface area (Å²) < 4.78 is 5.18. The van der Waals surface area contributed by atoms with Crippen molar-refractivity contribution in [2.24, 2.45) is 11.7 Å². The predicted octanol–water partition coefficient (Wildman–Crippen LogP) is 1.35. The molecule has 1 aliphatic rings. The van der Waals surface area contributed by atoms with Gasteiger partial charge in [-0.2, -0.15) is 0 Å². The van der Waals surface area contributed by atoms with Gasteiger partial charge in [0.15, 0.2) is 0 Å². The molecule has 1 saturated heterocycles. The minimum Gasteiger partial charge on any atom is -0.360 e. The van der Waals surface area contributed by atoms with Crippen LogP contribution in [0.5, 0.6) is 0 Å². The summed E-state index contributed by atoms with van der Waals surface area (Å²) in [7, 11) is 0. The molecule has 1 fully saturated rings. The first-order valence-electron chi connectivity index (χ1n) is 6.54. The Morgan fingerprint density at radius 3 is 2.94 bits per heavy atom. The molecule has 2 rings (SSSR count). The van der Waals surface area contributed by atoms with Crippen LogP contribution in [0.15, 0.2) is 4.52 Å². The molecule has 0 bridgehead atoms. The van der Waals surface area contributed by atoms with Crippen molar-refractivity contribution in [2.45, 2.75) is 39.7 Å². The van der Waals surface area contributed by atoms with Crippen LogP contribution in [0, 0.1) is 12.8 Å². The molecular weight excluding hydrogens is 230 g/mol. The number of carbonyl (C=O) groups excluding carboxylic acids is 1. The number of hydrogen-bond acceptors (Lipinski definition) is 4. The molecule has 5 heteroatoms. The van der Waals surface area contributed by atoms with Gasteiger partial charge in [0, 0.05) is 25.6 Å². The SMILES string of the molecule is CCc1onc(C)c1C(=O)N1CCC(C(C)N)C1. The third-order valence-corrected chi connectivity index (χ3v) is 3.72. The number of rotatable bonds is 3. The van der Waals surface area contributed by atoms with Crippen LogP contribution < -0.4 is 5.73 Å². The second kappa shape index (κ2) is 5.10. The van der Waals surface area contributed by atoms with Gasteiger partial charge in [-0.15, -0.1) is 0 Å². The molecule has 2 N–H and O–H groups in total. The summed E-state index contributed by atoms with van der Waals surface area (Å²) in [5.74, 6) is 1.12. The molecule has 2 unspecified atom stereocenters. The van der Waals surface area contributed by atoms with Crippen LogP contribution >= 0.6 is 0 Å². The largest absolute Gasteiger partial charge is 0.360 e. The average Bonchev–Trinajstić information content (AvgIpc) is 2.94. The van der Waals surface area contributed by atoms with E-state index in [2.05, 4.69) is 5.16 Å². The summed E-state index contributed by atoms with van der Waals surface area (Å²) in [4.78, 5) is 14.3. The monoisotopic (exact) mass is 251 g/mol. The van der Waals surface area contributed by atoms with Crippen LogP contribution in [0.3, 0.4) is 0 Å². The highest BCUT2D eigenvalue weighted by Gasteiger charge is 2.31. The van der Waals surface area contributed by atoms with Crippen LogP contribution in [-0.2, 0) is 6.42 Å². The Bertz CT molecular complexity index is 439. The number of aryl methyl sites for hydroxylation is 2. The minimum atomic E-state index is 0.0359. The van der Waals surface area contributed by atoms with Crippen LogP contribution in [0.25, 0.3) is 0 Å². The minimum absolute atomic E-state index is 0.0359. The van der Waals surface area contributed by atoms with Crippen molar-refractivity contribution in [3.05, 3.63) is 17.0 Å². The lowest BCUT2D eigenvalue weighted by atomic mass is 10.0. The Morgan fingerprint density at radius 2 is 2.39 bits per heavy atom. The fourth-order valence-corrected chi connectivity index (χ4v) is 2.49. The first-order chi connectivity index (χ1) is 8.54. The predicted molar refractivity (Wildman–Crippen MR) is 68.3 cm³/mol. The second-order valence-corrected chi connectivity index (χ2v) is 5.08. The lowest BCUT2D eigenvalue weighted by Gasteiger charge is -2.18. The molecular formula is C13H21N3O2. The highest BCUT2D eigenvalue weighted by Crippen LogP contribution is 2.23. The molecule has 0 aliphatic carbocycles. The Hall–Kier alpha value is -1.36. The number of likely N-dealkylation sites (tertiary alicyclic amines) is 1. The van der Waals surface area contributed by atoms with E-state index < -0.39 is 0 Å². The normalized spacial score (nSPS) is 21.3. The Morgan fingerprint density at radius 1 is 1.67 bits per heavy atom. The van der Waals surface area contributed by atoms with E-state index in [4.69, 9.17) is 10.3 Å². The maximum absolute atomic E-state index is 12.5. The zero-order valence-electron chi connectivity index (χ0n) is 11.3. The molecule has 0 spiro atoms. The summed E-state index contributed by atoms with van der Waals surface area (Å²) in [5, 5.41) is 3.89. The van der Waals surface area contributed by atoms with Crippen LogP contribution in [0.4, 0.5) is 0 Å². The number of aromatic nitrogens is 1. The van der Waals surface area contributed by atoms with E-state index in [0.717, 1.165) is 19.5 Å². The van der Waals surface area contributed by atoms with Gasteiger partial charge in [0.2, 0.25) is 0 Å². The fourth-order valence-electron chi connectivity index (χ4n) is 2.49. The highest BCUT2D eigenvalue weighted by molar-refractivity contribution is 5.96. The van der Waals surface area contributed by atoms with Crippen molar-refractivity contribution >= 4 is 5.91 Å². The standard InChI is InChI=1S/C13H21N3O2/c1-4-11-12(9(3)15-18-11)13(17)16-6-5-10(7-16)8(2)14/h8,10H,4-7,14H2,1-3H3. The van der Waals surface area contributed by atoms with Crippen molar-refractivity contribution in [1.82, 2.24) is 10.1 Å². The van der Waals surface area contributed by atoms with Crippen molar-refractivity contribution in [3.63, 3.8) is 0 Å². The first kappa shape index (κ1) is 13.1. The summed E-state index contributed by atoms with van der Waals surface area (Å²) in [5.41, 5.74) is 7.22. The van der Waals surface area contributed by atoms with Crippen LogP contribution in [-0.4, -0.2) is 35.1 Å².